The first kappa shape index (κ1) is 33.2. The first-order chi connectivity index (χ1) is 29.2. The third-order valence-corrected chi connectivity index (χ3v) is 14.9. The highest BCUT2D eigenvalue weighted by Gasteiger charge is 2.47. The Morgan fingerprint density at radius 3 is 1.95 bits per heavy atom. The van der Waals surface area contributed by atoms with E-state index in [0.717, 1.165) is 61.5 Å². The molecule has 0 unspecified atom stereocenters. The van der Waals surface area contributed by atoms with Gasteiger partial charge in [-0.3, -0.25) is 0 Å². The molecule has 0 fully saturated rings. The van der Waals surface area contributed by atoms with Gasteiger partial charge in [-0.15, -0.1) is 0 Å². The van der Waals surface area contributed by atoms with Crippen LogP contribution >= 0.6 is 0 Å². The van der Waals surface area contributed by atoms with E-state index in [4.69, 9.17) is 8.83 Å². The van der Waals surface area contributed by atoms with Crippen LogP contribution in [0.4, 0.5) is 11.4 Å². The number of hydrogen-bond donors (Lipinski definition) is 0. The molecule has 5 heterocycles. The van der Waals surface area contributed by atoms with Gasteiger partial charge in [0, 0.05) is 54.6 Å². The SMILES string of the molecule is Cc1cc2c(cc1N1B3c4c(cc5c(oc6ccccc65)c4-n4c5c3cccc5c3ccc5ccccc5c34)-c3c1ccc1c3oc3ccccc31)C(C)(C)CCC2(C)C. The summed E-state index contributed by atoms with van der Waals surface area (Å²) in [6.45, 7) is 11.9. The number of hydrogen-bond acceptors (Lipinski definition) is 3. The van der Waals surface area contributed by atoms with Crippen LogP contribution in [0.2, 0.25) is 0 Å². The minimum atomic E-state index is -0.148. The topological polar surface area (TPSA) is 34.5 Å². The second-order valence-electron chi connectivity index (χ2n) is 19.1. The molecule has 2 aliphatic heterocycles. The molecule has 0 amide bonds. The number of rotatable bonds is 1. The maximum Gasteiger partial charge on any atom is 0.333 e. The molecular weight excluding hydrogens is 731 g/mol. The van der Waals surface area contributed by atoms with Gasteiger partial charge in [0.15, 0.2) is 5.58 Å². The van der Waals surface area contributed by atoms with E-state index in [1.165, 1.54) is 83.6 Å². The van der Waals surface area contributed by atoms with Crippen molar-refractivity contribution in [1.82, 2.24) is 4.57 Å². The number of furan rings is 2. The maximum absolute atomic E-state index is 7.15. The molecule has 0 N–H and O–H groups in total. The molecule has 0 atom stereocenters. The number of aryl methyl sites for hydroxylation is 1. The van der Waals surface area contributed by atoms with Crippen molar-refractivity contribution in [3.63, 3.8) is 0 Å². The van der Waals surface area contributed by atoms with Crippen molar-refractivity contribution in [2.45, 2.75) is 58.3 Å². The summed E-state index contributed by atoms with van der Waals surface area (Å²) in [5.41, 5.74) is 18.9. The van der Waals surface area contributed by atoms with Gasteiger partial charge in [-0.05, 0) is 106 Å². The highest BCUT2D eigenvalue weighted by Crippen LogP contribution is 2.54. The first-order valence-corrected chi connectivity index (χ1v) is 21.5. The summed E-state index contributed by atoms with van der Waals surface area (Å²) in [6, 6.07) is 49.7. The van der Waals surface area contributed by atoms with E-state index in [-0.39, 0.29) is 17.7 Å². The fourth-order valence-electron chi connectivity index (χ4n) is 11.9. The molecule has 1 aliphatic carbocycles. The molecule has 0 bridgehead atoms. The summed E-state index contributed by atoms with van der Waals surface area (Å²) >= 11 is 0. The van der Waals surface area contributed by atoms with Gasteiger partial charge in [0.1, 0.15) is 16.7 Å². The summed E-state index contributed by atoms with van der Waals surface area (Å²) in [5, 5.41) is 9.49. The molecule has 0 radical (unpaired) electrons. The number of para-hydroxylation sites is 3. The van der Waals surface area contributed by atoms with Crippen LogP contribution in [0.15, 0.2) is 142 Å². The molecule has 3 aromatic heterocycles. The van der Waals surface area contributed by atoms with E-state index in [0.29, 0.717) is 0 Å². The number of anilines is 2. The lowest BCUT2D eigenvalue weighted by Crippen LogP contribution is -2.60. The zero-order chi connectivity index (χ0) is 40.0. The molecule has 11 aromatic rings. The van der Waals surface area contributed by atoms with Gasteiger partial charge in [0.2, 0.25) is 0 Å². The lowest BCUT2D eigenvalue weighted by atomic mass is 9.43. The molecular formula is C55H41BN2O2. The minimum absolute atomic E-state index is 0.0399. The van der Waals surface area contributed by atoms with E-state index in [1.54, 1.807) is 0 Å². The normalized spacial score (nSPS) is 16.1. The molecule has 0 saturated carbocycles. The lowest BCUT2D eigenvalue weighted by Gasteiger charge is -2.45. The number of benzene rings is 8. The van der Waals surface area contributed by atoms with Gasteiger partial charge in [-0.2, -0.15) is 0 Å². The van der Waals surface area contributed by atoms with Crippen LogP contribution in [0, 0.1) is 6.92 Å². The Hall–Kier alpha value is -6.72. The van der Waals surface area contributed by atoms with Crippen molar-refractivity contribution in [2.75, 3.05) is 4.81 Å². The average Bonchev–Trinajstić information content (AvgIpc) is 3.94. The molecule has 286 valence electrons. The Bertz CT molecular complexity index is 3760. The predicted molar refractivity (Wildman–Crippen MR) is 252 cm³/mol. The quantitative estimate of drug-likeness (QED) is 0.156. The largest absolute Gasteiger partial charge is 0.455 e. The zero-order valence-electron chi connectivity index (χ0n) is 34.4. The van der Waals surface area contributed by atoms with Crippen molar-refractivity contribution < 1.29 is 8.83 Å². The van der Waals surface area contributed by atoms with Crippen molar-refractivity contribution in [3.8, 4) is 16.8 Å². The van der Waals surface area contributed by atoms with Crippen LogP contribution < -0.4 is 15.7 Å². The smallest absolute Gasteiger partial charge is 0.333 e. The van der Waals surface area contributed by atoms with Crippen LogP contribution in [-0.2, 0) is 10.8 Å². The van der Waals surface area contributed by atoms with Crippen LogP contribution in [0.25, 0.3) is 93.3 Å². The van der Waals surface area contributed by atoms with E-state index in [1.807, 2.05) is 0 Å². The van der Waals surface area contributed by atoms with E-state index in [2.05, 4.69) is 177 Å². The number of aromatic nitrogens is 1. The Morgan fingerprint density at radius 2 is 1.17 bits per heavy atom. The standard InChI is InChI=1S/C55H41BN2O2/c1-30-27-40-41(55(4,5)26-25-54(40,2)3)29-44(30)58-43-24-23-37-33-15-8-10-19-45(33)59-52(37)47(43)39-28-38-34-16-9-11-20-46(34)60-53(38)51-48(39)56(58)42-18-12-17-35-36-22-21-31-13-6-7-14-32(31)49(36)57(51)50(35)42/h6-24,27-29H,25-26H2,1-5H3. The third kappa shape index (κ3) is 3.95. The van der Waals surface area contributed by atoms with Crippen LogP contribution in [0.5, 0.6) is 0 Å². The van der Waals surface area contributed by atoms with Crippen LogP contribution in [-0.4, -0.2) is 11.4 Å². The van der Waals surface area contributed by atoms with Crippen molar-refractivity contribution >= 4 is 106 Å². The van der Waals surface area contributed by atoms with Gasteiger partial charge < -0.3 is 18.2 Å². The van der Waals surface area contributed by atoms with Gasteiger partial charge in [0.05, 0.1) is 16.7 Å². The molecule has 3 aliphatic rings. The summed E-state index contributed by atoms with van der Waals surface area (Å²) in [7, 11) is 0. The summed E-state index contributed by atoms with van der Waals surface area (Å²) in [4.78, 5) is 2.68. The molecule has 4 nitrogen and oxygen atoms in total. The molecule has 60 heavy (non-hydrogen) atoms. The second-order valence-corrected chi connectivity index (χ2v) is 19.1. The van der Waals surface area contributed by atoms with Gasteiger partial charge in [0.25, 0.3) is 0 Å². The minimum Gasteiger partial charge on any atom is -0.455 e. The van der Waals surface area contributed by atoms with Crippen LogP contribution in [0.3, 0.4) is 0 Å². The van der Waals surface area contributed by atoms with Crippen molar-refractivity contribution in [1.29, 1.82) is 0 Å². The highest BCUT2D eigenvalue weighted by atomic mass is 16.3. The number of fused-ring (bicyclic) bond motifs is 18. The number of nitrogens with zero attached hydrogens (tertiary/aromatic N) is 2. The Labute approximate surface area is 347 Å². The Kier molecular flexibility index (Phi) is 6.03. The Balaban J connectivity index is 1.23. The third-order valence-electron chi connectivity index (χ3n) is 14.9. The maximum atomic E-state index is 7.15. The Morgan fingerprint density at radius 1 is 0.533 bits per heavy atom. The fraction of sp³-hybridized carbons (Fsp3) is 0.164. The fourth-order valence-corrected chi connectivity index (χ4v) is 11.9. The lowest BCUT2D eigenvalue weighted by molar-refractivity contribution is 0.332. The summed E-state index contributed by atoms with van der Waals surface area (Å²) < 4.78 is 16.8. The summed E-state index contributed by atoms with van der Waals surface area (Å²) in [5.74, 6) is 0. The molecule has 14 rings (SSSR count). The molecule has 5 heteroatoms. The van der Waals surface area contributed by atoms with Crippen molar-refractivity contribution in [3.05, 3.63) is 150 Å². The van der Waals surface area contributed by atoms with E-state index in [9.17, 15) is 0 Å². The summed E-state index contributed by atoms with van der Waals surface area (Å²) in [6.07, 6.45) is 2.33. The zero-order valence-corrected chi connectivity index (χ0v) is 34.4. The van der Waals surface area contributed by atoms with Gasteiger partial charge >= 0.3 is 6.85 Å². The monoisotopic (exact) mass is 772 g/mol. The van der Waals surface area contributed by atoms with Crippen molar-refractivity contribution in [2.24, 2.45) is 0 Å². The van der Waals surface area contributed by atoms with E-state index >= 15 is 0 Å². The van der Waals surface area contributed by atoms with Gasteiger partial charge in [-0.1, -0.05) is 125 Å². The molecule has 8 aromatic carbocycles. The highest BCUT2D eigenvalue weighted by molar-refractivity contribution is 6.94. The average molecular weight is 773 g/mol. The molecule has 0 spiro atoms. The van der Waals surface area contributed by atoms with E-state index < -0.39 is 0 Å². The predicted octanol–water partition coefficient (Wildman–Crippen LogP) is 13.6. The van der Waals surface area contributed by atoms with Gasteiger partial charge in [-0.25, -0.2) is 0 Å². The second kappa shape index (κ2) is 10.9. The molecule has 0 saturated heterocycles. The van der Waals surface area contributed by atoms with Crippen LogP contribution in [0.1, 0.15) is 57.2 Å². The first-order valence-electron chi connectivity index (χ1n) is 21.5.